The first-order valence-corrected chi connectivity index (χ1v) is 25.0. The molecule has 0 unspecified atom stereocenters. The molecule has 1 saturated carbocycles. The number of aliphatic hydroxyl groups is 3. The van der Waals surface area contributed by atoms with Crippen LogP contribution >= 0.6 is 0 Å². The minimum atomic E-state index is -2.43. The molecule has 2 bridgehead atoms. The summed E-state index contributed by atoms with van der Waals surface area (Å²) in [6.07, 6.45) is 12.0. The summed E-state index contributed by atoms with van der Waals surface area (Å²) in [7, 11) is 4.58. The van der Waals surface area contributed by atoms with Crippen molar-refractivity contribution in [3.05, 3.63) is 47.6 Å². The van der Waals surface area contributed by atoms with Crippen LogP contribution in [0, 0.1) is 35.5 Å². The first kappa shape index (κ1) is 57.2. The molecule has 1 amide bonds. The van der Waals surface area contributed by atoms with E-state index in [1.165, 1.54) is 12.0 Å². The number of carbonyl (C=O) groups is 5. The smallest absolute Gasteiger partial charge is 0.329 e. The highest BCUT2D eigenvalue weighted by molar-refractivity contribution is 6.39. The Kier molecular flexibility index (Phi) is 22.9. The maximum absolute atomic E-state index is 14.5. The van der Waals surface area contributed by atoms with Crippen LogP contribution in [0.25, 0.3) is 0 Å². The molecule has 15 nitrogen and oxygen atoms in total. The number of nitrogens with zero attached hydrogens (tertiary/aromatic N) is 1. The second-order valence-electron chi connectivity index (χ2n) is 20.2. The Labute approximate surface area is 405 Å². The van der Waals surface area contributed by atoms with Gasteiger partial charge in [-0.15, -0.1) is 0 Å². The molecule has 0 spiro atoms. The van der Waals surface area contributed by atoms with Crippen molar-refractivity contribution >= 4 is 29.2 Å². The third-order valence-corrected chi connectivity index (χ3v) is 14.9. The normalized spacial score (nSPS) is 39.2. The molecular weight excluding hydrogens is 875 g/mol. The van der Waals surface area contributed by atoms with Gasteiger partial charge >= 0.3 is 5.97 Å². The number of aliphatic hydroxyl groups excluding tert-OH is 2. The zero-order valence-corrected chi connectivity index (χ0v) is 42.4. The molecule has 0 aromatic rings. The van der Waals surface area contributed by atoms with Crippen molar-refractivity contribution in [2.45, 2.75) is 180 Å². The van der Waals surface area contributed by atoms with E-state index in [0.717, 1.165) is 12.0 Å². The monoisotopic (exact) mass is 958 g/mol. The zero-order valence-electron chi connectivity index (χ0n) is 42.4. The van der Waals surface area contributed by atoms with Crippen LogP contribution in [0.3, 0.4) is 0 Å². The van der Waals surface area contributed by atoms with Crippen LogP contribution in [0.4, 0.5) is 0 Å². The lowest BCUT2D eigenvalue weighted by molar-refractivity contribution is -0.265. The van der Waals surface area contributed by atoms with Gasteiger partial charge in [-0.1, -0.05) is 71.1 Å². The average molecular weight is 958 g/mol. The number of esters is 1. The van der Waals surface area contributed by atoms with Crippen molar-refractivity contribution < 1.29 is 67.7 Å². The van der Waals surface area contributed by atoms with Crippen molar-refractivity contribution in [3.63, 3.8) is 0 Å². The van der Waals surface area contributed by atoms with Crippen molar-refractivity contribution in [2.24, 2.45) is 35.5 Å². The molecule has 0 aromatic carbocycles. The highest BCUT2D eigenvalue weighted by Crippen LogP contribution is 2.38. The van der Waals surface area contributed by atoms with Gasteiger partial charge in [0.05, 0.1) is 37.6 Å². The fourth-order valence-corrected chi connectivity index (χ4v) is 10.5. The maximum Gasteiger partial charge on any atom is 0.329 e. The van der Waals surface area contributed by atoms with Crippen LogP contribution < -0.4 is 0 Å². The SMILES string of the molecule is CO[C@H]1C[C@@H]2CC[C@@H](C)[C@@](O)(O2)C(=O)C(=O)N2CCCC[C@H]2C(=O)O[C@H]([C@H](C)C[C@H]2CC[C@@H](OCCO)[C@H](OC)C2)CC(=O)[C@H](C)/C=C(\C)[C@@H](O)[C@@H](OC)C(=O)[C@H](C)C[C@H](C)\C=C/C=C/C=C/1C. The lowest BCUT2D eigenvalue weighted by Gasteiger charge is -2.42. The second-order valence-corrected chi connectivity index (χ2v) is 20.2. The number of hydrogen-bond donors (Lipinski definition) is 3. The number of hydrogen-bond acceptors (Lipinski definition) is 14. The Hall–Kier alpha value is -3.41. The number of cyclic esters (lactones) is 1. The Morgan fingerprint density at radius 3 is 2.26 bits per heavy atom. The van der Waals surface area contributed by atoms with E-state index in [1.54, 1.807) is 41.1 Å². The van der Waals surface area contributed by atoms with Crippen molar-refractivity contribution in [1.82, 2.24) is 4.90 Å². The third-order valence-electron chi connectivity index (χ3n) is 14.9. The summed E-state index contributed by atoms with van der Waals surface area (Å²) < 4.78 is 35.6. The molecule has 68 heavy (non-hydrogen) atoms. The topological polar surface area (TPSA) is 205 Å². The molecule has 3 aliphatic heterocycles. The quantitative estimate of drug-likeness (QED) is 0.134. The molecule has 3 fully saturated rings. The predicted octanol–water partition coefficient (Wildman–Crippen LogP) is 6.20. The van der Waals surface area contributed by atoms with Gasteiger partial charge in [-0.3, -0.25) is 19.2 Å². The van der Waals surface area contributed by atoms with Crippen LogP contribution in [-0.2, 0) is 52.4 Å². The predicted molar refractivity (Wildman–Crippen MR) is 256 cm³/mol. The molecule has 1 aliphatic carbocycles. The molecule has 3 N–H and O–H groups in total. The molecule has 2 saturated heterocycles. The number of ketones is 3. The van der Waals surface area contributed by atoms with Gasteiger partial charge in [0, 0.05) is 58.5 Å². The maximum atomic E-state index is 14.5. The molecule has 384 valence electrons. The number of allylic oxidation sites excluding steroid dienone is 6. The highest BCUT2D eigenvalue weighted by atomic mass is 16.6. The second kappa shape index (κ2) is 27.3. The standard InChI is InChI=1S/C53H83NO14/c1-32-16-12-11-13-17-33(2)44(63-8)30-40-21-19-38(7)53(62,68-40)50(59)51(60)54-23-15-14-18-41(54)52(61)67-45(35(4)28-39-20-22-43(66-25-24-55)46(29-39)64-9)31-42(56)34(3)27-37(6)48(58)49(65-10)47(57)36(5)26-32/h11-13,16-17,27,32,34-36,38-41,43-46,48-49,55,58,62H,14-15,18-26,28-31H2,1-10H3/b13-11+,16-12-,33-17+,37-27+/t32-,34-,35-,36-,38-,39-,40+,41+,43-,44+,45+,46-,48-,49+,53-/m1/s1. The fourth-order valence-electron chi connectivity index (χ4n) is 10.5. The summed E-state index contributed by atoms with van der Waals surface area (Å²) in [4.78, 5) is 72.1. The first-order valence-electron chi connectivity index (χ1n) is 25.0. The van der Waals surface area contributed by atoms with E-state index in [0.29, 0.717) is 63.4 Å². The lowest BCUT2D eigenvalue weighted by Crippen LogP contribution is -2.61. The van der Waals surface area contributed by atoms with Crippen molar-refractivity contribution in [3.8, 4) is 0 Å². The van der Waals surface area contributed by atoms with E-state index in [1.807, 2.05) is 58.1 Å². The number of methoxy groups -OCH3 is 3. The molecule has 15 heteroatoms. The van der Waals surface area contributed by atoms with Gasteiger partial charge in [0.1, 0.15) is 30.1 Å². The van der Waals surface area contributed by atoms with Gasteiger partial charge in [-0.25, -0.2) is 4.79 Å². The van der Waals surface area contributed by atoms with Crippen LogP contribution in [-0.4, -0.2) is 145 Å². The Morgan fingerprint density at radius 2 is 1.59 bits per heavy atom. The van der Waals surface area contributed by atoms with Gasteiger partial charge < -0.3 is 48.6 Å². The number of Topliss-reactive ketones (excluding diaryl/α,β-unsaturated/α-hetero) is 3. The molecule has 15 atom stereocenters. The number of fused-ring (bicyclic) bond motifs is 3. The van der Waals surface area contributed by atoms with Gasteiger partial charge in [0.2, 0.25) is 5.79 Å². The van der Waals surface area contributed by atoms with E-state index in [-0.39, 0.29) is 74.1 Å². The van der Waals surface area contributed by atoms with Crippen LogP contribution in [0.2, 0.25) is 0 Å². The Balaban J connectivity index is 1.70. The summed E-state index contributed by atoms with van der Waals surface area (Å²) in [5.41, 5.74) is 1.26. The van der Waals surface area contributed by atoms with Gasteiger partial charge in [0.25, 0.3) is 11.7 Å². The summed E-state index contributed by atoms with van der Waals surface area (Å²) in [5, 5.41) is 32.8. The number of piperidine rings is 1. The van der Waals surface area contributed by atoms with Gasteiger partial charge in [-0.05, 0) is 107 Å². The molecular formula is C53H83NO14. The van der Waals surface area contributed by atoms with Gasteiger partial charge in [0.15, 0.2) is 5.78 Å². The van der Waals surface area contributed by atoms with E-state index < -0.39 is 77.8 Å². The van der Waals surface area contributed by atoms with E-state index >= 15 is 0 Å². The number of ether oxygens (including phenoxy) is 6. The number of amides is 1. The summed E-state index contributed by atoms with van der Waals surface area (Å²) >= 11 is 0. The summed E-state index contributed by atoms with van der Waals surface area (Å²) in [6, 6.07) is -1.14. The molecule has 0 radical (unpaired) electrons. The van der Waals surface area contributed by atoms with Crippen molar-refractivity contribution in [2.75, 3.05) is 41.1 Å². The Bertz CT molecular complexity index is 1810. The molecule has 4 rings (SSSR count). The average Bonchev–Trinajstić information content (AvgIpc) is 3.32. The number of carbonyl (C=O) groups excluding carboxylic acids is 5. The summed E-state index contributed by atoms with van der Waals surface area (Å²) in [6.45, 7) is 12.9. The zero-order chi connectivity index (χ0) is 50.3. The summed E-state index contributed by atoms with van der Waals surface area (Å²) in [5.74, 6) is -7.96. The highest BCUT2D eigenvalue weighted by Gasteiger charge is 2.53. The number of rotatable bonds is 9. The van der Waals surface area contributed by atoms with Crippen molar-refractivity contribution in [1.29, 1.82) is 0 Å². The Morgan fingerprint density at radius 1 is 0.853 bits per heavy atom. The van der Waals surface area contributed by atoms with E-state index in [9.17, 15) is 39.3 Å². The minimum Gasteiger partial charge on any atom is -0.460 e. The van der Waals surface area contributed by atoms with E-state index in [4.69, 9.17) is 28.4 Å². The molecule has 3 heterocycles. The largest absolute Gasteiger partial charge is 0.460 e. The molecule has 0 aromatic heterocycles. The van der Waals surface area contributed by atoms with Crippen LogP contribution in [0.15, 0.2) is 47.6 Å². The third kappa shape index (κ3) is 15.3. The fraction of sp³-hybridized carbons (Fsp3) is 0.755. The molecule has 4 aliphatic rings. The van der Waals surface area contributed by atoms with Crippen LogP contribution in [0.5, 0.6) is 0 Å². The van der Waals surface area contributed by atoms with E-state index in [2.05, 4.69) is 0 Å². The minimum absolute atomic E-state index is 0.0158. The van der Waals surface area contributed by atoms with Gasteiger partial charge in [-0.2, -0.15) is 0 Å². The lowest BCUT2D eigenvalue weighted by atomic mass is 9.78. The first-order chi connectivity index (χ1) is 32.3. The van der Waals surface area contributed by atoms with Crippen LogP contribution in [0.1, 0.15) is 126 Å².